The molecule has 3 heterocycles. The van der Waals surface area contributed by atoms with Crippen LogP contribution in [0.25, 0.3) is 17.0 Å². The summed E-state index contributed by atoms with van der Waals surface area (Å²) in [6, 6.07) is 13.5. The van der Waals surface area contributed by atoms with E-state index in [1.165, 1.54) is 0 Å². The van der Waals surface area contributed by atoms with Crippen molar-refractivity contribution in [1.82, 2.24) is 19.8 Å². The molecule has 0 spiro atoms. The summed E-state index contributed by atoms with van der Waals surface area (Å²) in [5, 5.41) is 26.7. The summed E-state index contributed by atoms with van der Waals surface area (Å²) in [5.41, 5.74) is 0.895. The molecule has 0 radical (unpaired) electrons. The Labute approximate surface area is 139 Å². The normalized spacial score (nSPS) is 17.0. The van der Waals surface area contributed by atoms with Gasteiger partial charge in [0.1, 0.15) is 5.82 Å². The molecule has 1 aliphatic heterocycles. The van der Waals surface area contributed by atoms with Gasteiger partial charge in [-0.25, -0.2) is 0 Å². The maximum atomic E-state index is 10.5. The third-order valence-electron chi connectivity index (χ3n) is 4.32. The SMILES string of the molecule is OC1(CNc2ccc3nnc(-c4ccccc4)n3n2)CCOCC1. The first kappa shape index (κ1) is 15.0. The Morgan fingerprint density at radius 2 is 1.88 bits per heavy atom. The fourth-order valence-electron chi connectivity index (χ4n) is 2.83. The van der Waals surface area contributed by atoms with Crippen molar-refractivity contribution in [3.8, 4) is 11.4 Å². The van der Waals surface area contributed by atoms with Gasteiger partial charge in [-0.15, -0.1) is 15.3 Å². The average molecular weight is 325 g/mol. The van der Waals surface area contributed by atoms with Crippen molar-refractivity contribution in [2.45, 2.75) is 18.4 Å². The molecule has 1 aliphatic rings. The highest BCUT2D eigenvalue weighted by Crippen LogP contribution is 2.22. The van der Waals surface area contributed by atoms with Crippen LogP contribution in [0.2, 0.25) is 0 Å². The molecule has 124 valence electrons. The summed E-state index contributed by atoms with van der Waals surface area (Å²) in [7, 11) is 0. The van der Waals surface area contributed by atoms with Gasteiger partial charge in [-0.1, -0.05) is 30.3 Å². The molecule has 0 amide bonds. The van der Waals surface area contributed by atoms with Crippen LogP contribution in [-0.4, -0.2) is 50.3 Å². The maximum Gasteiger partial charge on any atom is 0.185 e. The summed E-state index contributed by atoms with van der Waals surface area (Å²) in [4.78, 5) is 0. The van der Waals surface area contributed by atoms with Crippen molar-refractivity contribution in [3.05, 3.63) is 42.5 Å². The topological polar surface area (TPSA) is 84.6 Å². The van der Waals surface area contributed by atoms with Crippen molar-refractivity contribution in [2.24, 2.45) is 0 Å². The van der Waals surface area contributed by atoms with Gasteiger partial charge in [-0.3, -0.25) is 0 Å². The minimum atomic E-state index is -0.746. The van der Waals surface area contributed by atoms with Crippen LogP contribution in [0.5, 0.6) is 0 Å². The number of aliphatic hydroxyl groups is 1. The number of rotatable bonds is 4. The summed E-state index contributed by atoms with van der Waals surface area (Å²) in [6.07, 6.45) is 1.26. The molecular weight excluding hydrogens is 306 g/mol. The van der Waals surface area contributed by atoms with E-state index < -0.39 is 5.60 Å². The first-order valence-electron chi connectivity index (χ1n) is 8.05. The molecule has 24 heavy (non-hydrogen) atoms. The average Bonchev–Trinajstić information content (AvgIpc) is 3.05. The Morgan fingerprint density at radius 1 is 1.08 bits per heavy atom. The van der Waals surface area contributed by atoms with Crippen molar-refractivity contribution in [3.63, 3.8) is 0 Å². The lowest BCUT2D eigenvalue weighted by Gasteiger charge is -2.32. The zero-order chi connectivity index (χ0) is 16.4. The summed E-state index contributed by atoms with van der Waals surface area (Å²) < 4.78 is 7.02. The zero-order valence-corrected chi connectivity index (χ0v) is 13.2. The van der Waals surface area contributed by atoms with Crippen LogP contribution in [0.1, 0.15) is 12.8 Å². The van der Waals surface area contributed by atoms with Crippen LogP contribution in [0.3, 0.4) is 0 Å². The standard InChI is InChI=1S/C17H19N5O2/c23-17(8-10-24-11-9-17)12-18-14-6-7-15-19-20-16(22(15)21-14)13-4-2-1-3-5-13/h1-7,23H,8-12H2,(H,18,21). The second kappa shape index (κ2) is 6.18. The number of aromatic nitrogens is 4. The Hall–Kier alpha value is -2.51. The van der Waals surface area contributed by atoms with Gasteiger partial charge in [0.15, 0.2) is 11.5 Å². The lowest BCUT2D eigenvalue weighted by molar-refractivity contribution is -0.0543. The highest BCUT2D eigenvalue weighted by molar-refractivity contribution is 5.59. The van der Waals surface area contributed by atoms with Crippen molar-refractivity contribution in [2.75, 3.05) is 25.1 Å². The molecule has 1 saturated heterocycles. The van der Waals surface area contributed by atoms with E-state index in [-0.39, 0.29) is 0 Å². The molecule has 0 saturated carbocycles. The van der Waals surface area contributed by atoms with E-state index in [4.69, 9.17) is 4.74 Å². The van der Waals surface area contributed by atoms with E-state index in [1.807, 2.05) is 42.5 Å². The number of nitrogens with one attached hydrogen (secondary N) is 1. The van der Waals surface area contributed by atoms with Crippen molar-refractivity contribution >= 4 is 11.5 Å². The van der Waals surface area contributed by atoms with Gasteiger partial charge in [0.25, 0.3) is 0 Å². The molecule has 1 aromatic carbocycles. The van der Waals surface area contributed by atoms with E-state index in [9.17, 15) is 5.11 Å². The molecule has 3 aromatic rings. The number of benzene rings is 1. The molecule has 7 nitrogen and oxygen atoms in total. The Morgan fingerprint density at radius 3 is 2.67 bits per heavy atom. The number of anilines is 1. The second-order valence-electron chi connectivity index (χ2n) is 6.07. The van der Waals surface area contributed by atoms with Gasteiger partial charge in [-0.05, 0) is 12.1 Å². The van der Waals surface area contributed by atoms with Gasteiger partial charge in [0.2, 0.25) is 0 Å². The molecule has 0 atom stereocenters. The van der Waals surface area contributed by atoms with Crippen molar-refractivity contribution < 1.29 is 9.84 Å². The molecule has 2 aromatic heterocycles. The van der Waals surface area contributed by atoms with Crippen LogP contribution in [0.15, 0.2) is 42.5 Å². The van der Waals surface area contributed by atoms with Crippen LogP contribution >= 0.6 is 0 Å². The molecule has 1 fully saturated rings. The van der Waals surface area contributed by atoms with E-state index in [2.05, 4.69) is 20.6 Å². The van der Waals surface area contributed by atoms with E-state index in [1.54, 1.807) is 4.52 Å². The smallest absolute Gasteiger partial charge is 0.185 e. The fourth-order valence-corrected chi connectivity index (χ4v) is 2.83. The first-order valence-corrected chi connectivity index (χ1v) is 8.05. The minimum Gasteiger partial charge on any atom is -0.388 e. The highest BCUT2D eigenvalue weighted by atomic mass is 16.5. The Balaban J connectivity index is 1.58. The summed E-state index contributed by atoms with van der Waals surface area (Å²) in [6.45, 7) is 1.63. The number of hydrogen-bond donors (Lipinski definition) is 2. The number of fused-ring (bicyclic) bond motifs is 1. The van der Waals surface area contributed by atoms with E-state index in [0.29, 0.717) is 49.9 Å². The molecule has 4 rings (SSSR count). The number of nitrogens with zero attached hydrogens (tertiary/aromatic N) is 4. The first-order chi connectivity index (χ1) is 11.7. The predicted molar refractivity (Wildman–Crippen MR) is 89.7 cm³/mol. The molecule has 0 aliphatic carbocycles. The summed E-state index contributed by atoms with van der Waals surface area (Å²) in [5.74, 6) is 1.37. The lowest BCUT2D eigenvalue weighted by Crippen LogP contribution is -2.42. The van der Waals surface area contributed by atoms with Gasteiger partial charge >= 0.3 is 0 Å². The fraction of sp³-hybridized carbons (Fsp3) is 0.353. The van der Waals surface area contributed by atoms with Crippen LogP contribution < -0.4 is 5.32 Å². The predicted octanol–water partition coefficient (Wildman–Crippen LogP) is 1.74. The largest absolute Gasteiger partial charge is 0.388 e. The molecule has 2 N–H and O–H groups in total. The van der Waals surface area contributed by atoms with Crippen LogP contribution in [-0.2, 0) is 4.74 Å². The van der Waals surface area contributed by atoms with Gasteiger partial charge in [0, 0.05) is 38.2 Å². The van der Waals surface area contributed by atoms with Gasteiger partial charge in [-0.2, -0.15) is 4.52 Å². The third-order valence-corrected chi connectivity index (χ3v) is 4.32. The van der Waals surface area contributed by atoms with Crippen LogP contribution in [0.4, 0.5) is 5.82 Å². The minimum absolute atomic E-state index is 0.442. The number of ether oxygens (including phenoxy) is 1. The van der Waals surface area contributed by atoms with Crippen molar-refractivity contribution in [1.29, 1.82) is 0 Å². The van der Waals surface area contributed by atoms with Gasteiger partial charge in [0.05, 0.1) is 5.60 Å². The monoisotopic (exact) mass is 325 g/mol. The Bertz CT molecular complexity index is 827. The number of hydrogen-bond acceptors (Lipinski definition) is 6. The van der Waals surface area contributed by atoms with Gasteiger partial charge < -0.3 is 15.2 Å². The Kier molecular flexibility index (Phi) is 3.87. The maximum absolute atomic E-state index is 10.5. The van der Waals surface area contributed by atoms with E-state index >= 15 is 0 Å². The molecule has 0 unspecified atom stereocenters. The third kappa shape index (κ3) is 2.95. The quantitative estimate of drug-likeness (QED) is 0.760. The highest BCUT2D eigenvalue weighted by Gasteiger charge is 2.29. The molecular formula is C17H19N5O2. The molecule has 0 bridgehead atoms. The zero-order valence-electron chi connectivity index (χ0n) is 13.2. The van der Waals surface area contributed by atoms with Crippen LogP contribution in [0, 0.1) is 0 Å². The second-order valence-corrected chi connectivity index (χ2v) is 6.07. The lowest BCUT2D eigenvalue weighted by atomic mass is 9.94. The molecule has 7 heteroatoms. The van der Waals surface area contributed by atoms with E-state index in [0.717, 1.165) is 5.56 Å². The summed E-state index contributed by atoms with van der Waals surface area (Å²) >= 11 is 0.